The van der Waals surface area contributed by atoms with Crippen molar-refractivity contribution in [1.29, 1.82) is 0 Å². The van der Waals surface area contributed by atoms with E-state index in [0.29, 0.717) is 18.5 Å². The van der Waals surface area contributed by atoms with E-state index in [9.17, 15) is 9.70 Å². The van der Waals surface area contributed by atoms with Gasteiger partial charge in [-0.25, -0.2) is 0 Å². The van der Waals surface area contributed by atoms with Crippen molar-refractivity contribution < 1.29 is 9.55 Å². The van der Waals surface area contributed by atoms with E-state index < -0.39 is 0 Å². The molecule has 1 heterocycles. The van der Waals surface area contributed by atoms with Crippen molar-refractivity contribution in [2.24, 2.45) is 0 Å². The number of fused-ring (bicyclic) bond motifs is 1. The molecule has 0 N–H and O–H groups in total. The summed E-state index contributed by atoms with van der Waals surface area (Å²) in [5.74, 6) is 0.0196. The lowest BCUT2D eigenvalue weighted by molar-refractivity contribution is -0.450. The van der Waals surface area contributed by atoms with Gasteiger partial charge in [0, 0.05) is 27.7 Å². The first-order chi connectivity index (χ1) is 6.27. The summed E-state index contributed by atoms with van der Waals surface area (Å²) in [4.78, 5) is 22.5. The summed E-state index contributed by atoms with van der Waals surface area (Å²) >= 11 is 0. The SMILES string of the molecule is O=C1CCc2ccccc2[N+](=O)C1. The van der Waals surface area contributed by atoms with Crippen LogP contribution in [0, 0.1) is 4.91 Å². The molecule has 0 bridgehead atoms. The van der Waals surface area contributed by atoms with E-state index in [0.717, 1.165) is 10.3 Å². The fraction of sp³-hybridized carbons (Fsp3) is 0.300. The minimum absolute atomic E-state index is 0.00296. The molecular formula is C10H10NO2+. The van der Waals surface area contributed by atoms with Crippen molar-refractivity contribution in [3.63, 3.8) is 0 Å². The summed E-state index contributed by atoms with van der Waals surface area (Å²) in [7, 11) is 0. The number of hydrogen-bond acceptors (Lipinski definition) is 2. The number of nitrogens with zero attached hydrogens (tertiary/aromatic N) is 1. The lowest BCUT2D eigenvalue weighted by Crippen LogP contribution is -2.11. The summed E-state index contributed by atoms with van der Waals surface area (Å²) in [5.41, 5.74) is 1.62. The second kappa shape index (κ2) is 3.09. The molecule has 0 amide bonds. The van der Waals surface area contributed by atoms with Gasteiger partial charge in [-0.05, 0) is 6.42 Å². The van der Waals surface area contributed by atoms with Crippen LogP contribution in [0.4, 0.5) is 5.69 Å². The normalized spacial score (nSPS) is 16.6. The van der Waals surface area contributed by atoms with E-state index in [-0.39, 0.29) is 12.3 Å². The molecule has 3 nitrogen and oxygen atoms in total. The van der Waals surface area contributed by atoms with Gasteiger partial charge in [-0.1, -0.05) is 18.2 Å². The van der Waals surface area contributed by atoms with Crippen LogP contribution in [0.15, 0.2) is 24.3 Å². The van der Waals surface area contributed by atoms with Gasteiger partial charge in [-0.2, -0.15) is 0 Å². The summed E-state index contributed by atoms with van der Waals surface area (Å²) in [6.45, 7) is -0.00296. The van der Waals surface area contributed by atoms with Crippen LogP contribution in [0.5, 0.6) is 0 Å². The van der Waals surface area contributed by atoms with Gasteiger partial charge in [-0.15, -0.1) is 0 Å². The Morgan fingerprint density at radius 1 is 1.15 bits per heavy atom. The van der Waals surface area contributed by atoms with Crippen molar-refractivity contribution in [3.8, 4) is 0 Å². The first-order valence-electron chi connectivity index (χ1n) is 4.31. The highest BCUT2D eigenvalue weighted by molar-refractivity contribution is 5.80. The number of rotatable bonds is 0. The number of Topliss-reactive ketones (excluding diaryl/α,β-unsaturated/α-hetero) is 1. The van der Waals surface area contributed by atoms with Gasteiger partial charge in [0.15, 0.2) is 0 Å². The number of hydrogen-bond donors (Lipinski definition) is 0. The largest absolute Gasteiger partial charge is 0.292 e. The first-order valence-corrected chi connectivity index (χ1v) is 4.31. The highest BCUT2D eigenvalue weighted by Crippen LogP contribution is 2.22. The van der Waals surface area contributed by atoms with Gasteiger partial charge in [0.1, 0.15) is 0 Å². The summed E-state index contributed by atoms with van der Waals surface area (Å²) in [5, 5.41) is 0. The quantitative estimate of drug-likeness (QED) is 0.563. The summed E-state index contributed by atoms with van der Waals surface area (Å²) < 4.78 is 0.782. The Kier molecular flexibility index (Phi) is 1.93. The minimum atomic E-state index is -0.00296. The van der Waals surface area contributed by atoms with Crippen LogP contribution < -0.4 is 0 Å². The molecule has 0 saturated heterocycles. The van der Waals surface area contributed by atoms with E-state index in [1.165, 1.54) is 0 Å². The van der Waals surface area contributed by atoms with Crippen LogP contribution in [0.3, 0.4) is 0 Å². The molecule has 0 atom stereocenters. The molecule has 0 unspecified atom stereocenters. The van der Waals surface area contributed by atoms with Crippen molar-refractivity contribution >= 4 is 11.5 Å². The van der Waals surface area contributed by atoms with Crippen molar-refractivity contribution in [1.82, 2.24) is 0 Å². The summed E-state index contributed by atoms with van der Waals surface area (Å²) in [6, 6.07) is 7.38. The molecule has 0 spiro atoms. The Hall–Kier alpha value is -1.51. The smallest absolute Gasteiger partial charge is 0.259 e. The van der Waals surface area contributed by atoms with Crippen LogP contribution in [0.1, 0.15) is 12.0 Å². The molecule has 0 saturated carbocycles. The molecule has 2 rings (SSSR count). The van der Waals surface area contributed by atoms with E-state index in [1.54, 1.807) is 6.07 Å². The van der Waals surface area contributed by atoms with Crippen LogP contribution in [0.25, 0.3) is 0 Å². The van der Waals surface area contributed by atoms with E-state index in [4.69, 9.17) is 0 Å². The average molecular weight is 176 g/mol. The molecule has 1 aromatic rings. The van der Waals surface area contributed by atoms with Crippen molar-refractivity contribution in [2.45, 2.75) is 12.8 Å². The molecule has 0 fully saturated rings. The topological polar surface area (TPSA) is 37.1 Å². The van der Waals surface area contributed by atoms with Crippen LogP contribution in [-0.4, -0.2) is 17.1 Å². The first kappa shape index (κ1) is 8.10. The third kappa shape index (κ3) is 1.49. The Morgan fingerprint density at radius 3 is 2.77 bits per heavy atom. The third-order valence-corrected chi connectivity index (χ3v) is 2.25. The van der Waals surface area contributed by atoms with E-state index in [2.05, 4.69) is 0 Å². The van der Waals surface area contributed by atoms with Crippen LogP contribution in [-0.2, 0) is 11.2 Å². The Bertz CT molecular complexity index is 371. The number of aryl methyl sites for hydroxylation is 1. The number of para-hydroxylation sites is 1. The maximum Gasteiger partial charge on any atom is 0.259 e. The maximum atomic E-state index is 11.4. The Labute approximate surface area is 76.0 Å². The number of ketones is 1. The lowest BCUT2D eigenvalue weighted by atomic mass is 10.1. The van der Waals surface area contributed by atoms with Gasteiger partial charge in [-0.3, -0.25) is 4.79 Å². The van der Waals surface area contributed by atoms with Crippen LogP contribution in [0.2, 0.25) is 0 Å². The second-order valence-corrected chi connectivity index (χ2v) is 3.20. The van der Waals surface area contributed by atoms with Gasteiger partial charge < -0.3 is 0 Å². The number of nitroso groups, excluding NO2 is 1. The van der Waals surface area contributed by atoms with Gasteiger partial charge in [0.25, 0.3) is 12.2 Å². The summed E-state index contributed by atoms with van der Waals surface area (Å²) in [6.07, 6.45) is 1.17. The zero-order chi connectivity index (χ0) is 9.26. The highest BCUT2D eigenvalue weighted by atomic mass is 16.3. The molecule has 1 aliphatic rings. The lowest BCUT2D eigenvalue weighted by Gasteiger charge is -1.94. The molecule has 1 aliphatic heterocycles. The van der Waals surface area contributed by atoms with E-state index in [1.807, 2.05) is 18.2 Å². The standard InChI is InChI=1S/C10H10NO2/c12-9-6-5-8-3-1-2-4-10(8)11(13)7-9/h1-4H,5-7H2/q+1. The molecule has 0 radical (unpaired) electrons. The third-order valence-electron chi connectivity index (χ3n) is 2.25. The number of carbonyl (C=O) groups is 1. The van der Waals surface area contributed by atoms with Crippen LogP contribution >= 0.6 is 0 Å². The molecular weight excluding hydrogens is 166 g/mol. The second-order valence-electron chi connectivity index (χ2n) is 3.20. The Morgan fingerprint density at radius 2 is 1.92 bits per heavy atom. The van der Waals surface area contributed by atoms with E-state index >= 15 is 0 Å². The average Bonchev–Trinajstić information content (AvgIpc) is 2.27. The van der Waals surface area contributed by atoms with Crippen molar-refractivity contribution in [3.05, 3.63) is 34.7 Å². The predicted molar refractivity (Wildman–Crippen MR) is 47.9 cm³/mol. The monoisotopic (exact) mass is 176 g/mol. The molecule has 0 aliphatic carbocycles. The highest BCUT2D eigenvalue weighted by Gasteiger charge is 2.25. The number of carbonyl (C=O) groups excluding carboxylic acids is 1. The fourth-order valence-corrected chi connectivity index (χ4v) is 1.56. The van der Waals surface area contributed by atoms with Gasteiger partial charge in [0.05, 0.1) is 0 Å². The number of benzene rings is 1. The molecule has 1 aromatic carbocycles. The van der Waals surface area contributed by atoms with Crippen molar-refractivity contribution in [2.75, 3.05) is 6.54 Å². The zero-order valence-corrected chi connectivity index (χ0v) is 7.19. The minimum Gasteiger partial charge on any atom is -0.292 e. The zero-order valence-electron chi connectivity index (χ0n) is 7.19. The predicted octanol–water partition coefficient (Wildman–Crippen LogP) is 1.61. The fourth-order valence-electron chi connectivity index (χ4n) is 1.56. The maximum absolute atomic E-state index is 11.4. The molecule has 0 aromatic heterocycles. The molecule has 3 heteroatoms. The Balaban J connectivity index is 2.46. The molecule has 66 valence electrons. The molecule has 13 heavy (non-hydrogen) atoms. The van der Waals surface area contributed by atoms with Gasteiger partial charge in [0.2, 0.25) is 5.78 Å². The van der Waals surface area contributed by atoms with Gasteiger partial charge >= 0.3 is 0 Å².